The average Bonchev–Trinajstić information content (AvgIpc) is 2.65. The Kier molecular flexibility index (Phi) is 6.52. The van der Waals surface area contributed by atoms with Crippen molar-refractivity contribution in [3.05, 3.63) is 35.4 Å². The van der Waals surface area contributed by atoms with Gasteiger partial charge in [-0.15, -0.1) is 0 Å². The molecule has 11 heteroatoms. The van der Waals surface area contributed by atoms with Gasteiger partial charge in [0, 0.05) is 6.26 Å². The van der Waals surface area contributed by atoms with Crippen LogP contribution in [-0.2, 0) is 19.4 Å². The Morgan fingerprint density at radius 1 is 1.07 bits per heavy atom. The summed E-state index contributed by atoms with van der Waals surface area (Å²) >= 11 is 0. The van der Waals surface area contributed by atoms with Gasteiger partial charge in [0.05, 0.1) is 30.7 Å². The van der Waals surface area contributed by atoms with Crippen molar-refractivity contribution < 1.29 is 32.2 Å². The standard InChI is InChI=1S/C17H19N3O7S/c1-10-5-6-11(28(4,23)24)7-12(10)16(22)27-9-13(21)18-17-19-14(25-2)8-15(20-17)26-3/h5-8H,9H2,1-4H3,(H,18,19,20,21). The number of rotatable bonds is 7. The molecule has 2 rings (SSSR count). The van der Waals surface area contributed by atoms with Crippen LogP contribution in [-0.4, -0.2) is 57.3 Å². The smallest absolute Gasteiger partial charge is 0.338 e. The Morgan fingerprint density at radius 3 is 2.21 bits per heavy atom. The second kappa shape index (κ2) is 8.65. The summed E-state index contributed by atoms with van der Waals surface area (Å²) in [5.41, 5.74) is 0.564. The molecule has 1 amide bonds. The molecule has 0 spiro atoms. The number of benzene rings is 1. The van der Waals surface area contributed by atoms with Crippen molar-refractivity contribution in [2.24, 2.45) is 0 Å². The summed E-state index contributed by atoms with van der Waals surface area (Å²) in [6.07, 6.45) is 1.03. The van der Waals surface area contributed by atoms with Crippen LogP contribution in [0.3, 0.4) is 0 Å². The zero-order valence-corrected chi connectivity index (χ0v) is 16.5. The van der Waals surface area contributed by atoms with Crippen molar-refractivity contribution in [3.8, 4) is 11.8 Å². The summed E-state index contributed by atoms with van der Waals surface area (Å²) in [5, 5.41) is 2.35. The Balaban J connectivity index is 2.06. The van der Waals surface area contributed by atoms with Gasteiger partial charge < -0.3 is 14.2 Å². The zero-order valence-electron chi connectivity index (χ0n) is 15.7. The first kappa shape index (κ1) is 21.1. The third kappa shape index (κ3) is 5.39. The Hall–Kier alpha value is -3.21. The molecule has 150 valence electrons. The second-order valence-electron chi connectivity index (χ2n) is 5.65. The number of anilines is 1. The number of carbonyl (C=O) groups is 2. The normalized spacial score (nSPS) is 10.9. The van der Waals surface area contributed by atoms with Gasteiger partial charge in [0.15, 0.2) is 16.4 Å². The number of aromatic nitrogens is 2. The molecule has 10 nitrogen and oxygen atoms in total. The van der Waals surface area contributed by atoms with Crippen LogP contribution >= 0.6 is 0 Å². The number of ether oxygens (including phenoxy) is 3. The lowest BCUT2D eigenvalue weighted by Gasteiger charge is -2.10. The fourth-order valence-electron chi connectivity index (χ4n) is 2.09. The molecule has 0 atom stereocenters. The first-order valence-corrected chi connectivity index (χ1v) is 9.78. The van der Waals surface area contributed by atoms with E-state index < -0.39 is 28.3 Å². The van der Waals surface area contributed by atoms with Crippen molar-refractivity contribution >= 4 is 27.7 Å². The van der Waals surface area contributed by atoms with Crippen molar-refractivity contribution in [1.29, 1.82) is 0 Å². The van der Waals surface area contributed by atoms with Gasteiger partial charge in [0.2, 0.25) is 17.7 Å². The highest BCUT2D eigenvalue weighted by atomic mass is 32.2. The number of esters is 1. The Morgan fingerprint density at radius 2 is 1.68 bits per heavy atom. The van der Waals surface area contributed by atoms with E-state index in [4.69, 9.17) is 14.2 Å². The Bertz CT molecular complexity index is 984. The zero-order chi connectivity index (χ0) is 20.9. The molecule has 28 heavy (non-hydrogen) atoms. The molecule has 0 aliphatic rings. The first-order chi connectivity index (χ1) is 13.1. The minimum atomic E-state index is -3.49. The number of methoxy groups -OCH3 is 2. The van der Waals surface area contributed by atoms with E-state index in [-0.39, 0.29) is 28.2 Å². The number of carbonyl (C=O) groups excluding carboxylic acids is 2. The lowest BCUT2D eigenvalue weighted by molar-refractivity contribution is -0.119. The lowest BCUT2D eigenvalue weighted by atomic mass is 10.1. The number of hydrogen-bond acceptors (Lipinski definition) is 9. The van der Waals surface area contributed by atoms with Gasteiger partial charge in [-0.2, -0.15) is 9.97 Å². The van der Waals surface area contributed by atoms with Gasteiger partial charge in [-0.3, -0.25) is 10.1 Å². The van der Waals surface area contributed by atoms with Crippen molar-refractivity contribution in [3.63, 3.8) is 0 Å². The fourth-order valence-corrected chi connectivity index (χ4v) is 2.74. The molecule has 2 aromatic rings. The largest absolute Gasteiger partial charge is 0.481 e. The minimum absolute atomic E-state index is 0.0219. The van der Waals surface area contributed by atoms with Crippen LogP contribution in [0.15, 0.2) is 29.2 Å². The van der Waals surface area contributed by atoms with Gasteiger partial charge >= 0.3 is 5.97 Å². The summed E-state index contributed by atoms with van der Waals surface area (Å²) in [6, 6.07) is 5.51. The first-order valence-electron chi connectivity index (χ1n) is 7.88. The molecule has 1 heterocycles. The maximum atomic E-state index is 12.2. The third-order valence-electron chi connectivity index (χ3n) is 3.54. The van der Waals surface area contributed by atoms with E-state index in [1.165, 1.54) is 38.5 Å². The van der Waals surface area contributed by atoms with Crippen molar-refractivity contribution in [2.45, 2.75) is 11.8 Å². The number of hydrogen-bond donors (Lipinski definition) is 1. The molecule has 0 bridgehead atoms. The van der Waals surface area contributed by atoms with Gasteiger partial charge in [-0.25, -0.2) is 13.2 Å². The predicted molar refractivity (Wildman–Crippen MR) is 98.3 cm³/mol. The molecular weight excluding hydrogens is 390 g/mol. The van der Waals surface area contributed by atoms with E-state index in [1.807, 2.05) is 0 Å². The van der Waals surface area contributed by atoms with E-state index in [0.29, 0.717) is 5.56 Å². The van der Waals surface area contributed by atoms with Crippen LogP contribution in [0.4, 0.5) is 5.95 Å². The summed E-state index contributed by atoms with van der Waals surface area (Å²) < 4.78 is 38.2. The average molecular weight is 409 g/mol. The van der Waals surface area contributed by atoms with Crippen LogP contribution in [0, 0.1) is 6.92 Å². The summed E-state index contributed by atoms with van der Waals surface area (Å²) in [4.78, 5) is 32.1. The highest BCUT2D eigenvalue weighted by molar-refractivity contribution is 7.90. The maximum Gasteiger partial charge on any atom is 0.338 e. The maximum absolute atomic E-state index is 12.2. The number of amides is 1. The molecule has 0 saturated heterocycles. The molecular formula is C17H19N3O7S. The van der Waals surface area contributed by atoms with Gasteiger partial charge in [0.1, 0.15) is 0 Å². The lowest BCUT2D eigenvalue weighted by Crippen LogP contribution is -2.22. The Labute approximate surface area is 161 Å². The van der Waals surface area contributed by atoms with E-state index >= 15 is 0 Å². The monoisotopic (exact) mass is 409 g/mol. The fraction of sp³-hybridized carbons (Fsp3) is 0.294. The molecule has 0 fully saturated rings. The van der Waals surface area contributed by atoms with Gasteiger partial charge in [0.25, 0.3) is 5.91 Å². The summed E-state index contributed by atoms with van der Waals surface area (Å²) in [6.45, 7) is 1.00. The topological polar surface area (TPSA) is 134 Å². The summed E-state index contributed by atoms with van der Waals surface area (Å²) in [5.74, 6) is -1.27. The molecule has 1 N–H and O–H groups in total. The molecule has 0 aliphatic heterocycles. The molecule has 0 radical (unpaired) electrons. The number of nitrogens with zero attached hydrogens (tertiary/aromatic N) is 2. The van der Waals surface area contributed by atoms with Gasteiger partial charge in [-0.05, 0) is 24.6 Å². The third-order valence-corrected chi connectivity index (χ3v) is 4.65. The molecule has 0 unspecified atom stereocenters. The van der Waals surface area contributed by atoms with Crippen LogP contribution < -0.4 is 14.8 Å². The SMILES string of the molecule is COc1cc(OC)nc(NC(=O)COC(=O)c2cc(S(C)(=O)=O)ccc2C)n1. The molecule has 1 aromatic carbocycles. The van der Waals surface area contributed by atoms with Gasteiger partial charge in [-0.1, -0.05) is 6.07 Å². The molecule has 0 aliphatic carbocycles. The van der Waals surface area contributed by atoms with E-state index in [9.17, 15) is 18.0 Å². The van der Waals surface area contributed by atoms with E-state index in [1.54, 1.807) is 6.92 Å². The van der Waals surface area contributed by atoms with E-state index in [2.05, 4.69) is 15.3 Å². The number of sulfone groups is 1. The number of aryl methyl sites for hydroxylation is 1. The van der Waals surface area contributed by atoms with Crippen molar-refractivity contribution in [1.82, 2.24) is 9.97 Å². The summed E-state index contributed by atoms with van der Waals surface area (Å²) in [7, 11) is -0.706. The van der Waals surface area contributed by atoms with Crippen molar-refractivity contribution in [2.75, 3.05) is 32.4 Å². The molecule has 0 saturated carbocycles. The van der Waals surface area contributed by atoms with Crippen LogP contribution in [0.25, 0.3) is 0 Å². The quantitative estimate of drug-likeness (QED) is 0.665. The van der Waals surface area contributed by atoms with Crippen LogP contribution in [0.2, 0.25) is 0 Å². The highest BCUT2D eigenvalue weighted by Gasteiger charge is 2.17. The van der Waals surface area contributed by atoms with E-state index in [0.717, 1.165) is 6.26 Å². The van der Waals surface area contributed by atoms with Crippen LogP contribution in [0.5, 0.6) is 11.8 Å². The highest BCUT2D eigenvalue weighted by Crippen LogP contribution is 2.18. The second-order valence-corrected chi connectivity index (χ2v) is 7.67. The minimum Gasteiger partial charge on any atom is -0.481 e. The predicted octanol–water partition coefficient (Wildman–Crippen LogP) is 1.00. The van der Waals surface area contributed by atoms with Crippen LogP contribution in [0.1, 0.15) is 15.9 Å². The molecule has 1 aromatic heterocycles. The number of nitrogens with one attached hydrogen (secondary N) is 1.